The van der Waals surface area contributed by atoms with E-state index in [1.165, 1.54) is 82.4 Å². The van der Waals surface area contributed by atoms with Crippen molar-refractivity contribution in [2.75, 3.05) is 0 Å². The number of aromatic carboxylic acids is 1. The largest absolute Gasteiger partial charge is 0.478 e. The predicted molar refractivity (Wildman–Crippen MR) is 125 cm³/mol. The molecule has 2 aromatic carbocycles. The van der Waals surface area contributed by atoms with Gasteiger partial charge in [0.05, 0.1) is 10.9 Å². The highest BCUT2D eigenvalue weighted by Crippen LogP contribution is 2.49. The van der Waals surface area contributed by atoms with Crippen molar-refractivity contribution in [3.05, 3.63) is 47.0 Å². The third-order valence-electron chi connectivity index (χ3n) is 8.17. The van der Waals surface area contributed by atoms with Crippen LogP contribution >= 0.6 is 0 Å². The molecular weight excluding hydrogens is 406 g/mol. The van der Waals surface area contributed by atoms with Gasteiger partial charge in [0.15, 0.2) is 0 Å². The molecule has 0 aliphatic heterocycles. The maximum Gasteiger partial charge on any atom is 0.338 e. The molecule has 2 nitrogen and oxygen atoms in total. The zero-order valence-electron chi connectivity index (χ0n) is 19.2. The summed E-state index contributed by atoms with van der Waals surface area (Å²) >= 11 is 0. The highest BCUT2D eigenvalue weighted by Gasteiger charge is 2.36. The van der Waals surface area contributed by atoms with Gasteiger partial charge in [-0.2, -0.15) is 0 Å². The zero-order valence-corrected chi connectivity index (χ0v) is 19.2. The van der Waals surface area contributed by atoms with Gasteiger partial charge in [0, 0.05) is 0 Å². The summed E-state index contributed by atoms with van der Waals surface area (Å²) in [6.07, 6.45) is 15.5. The van der Waals surface area contributed by atoms with Gasteiger partial charge in [0.25, 0.3) is 0 Å². The van der Waals surface area contributed by atoms with Gasteiger partial charge in [-0.05, 0) is 78.9 Å². The monoisotopic (exact) mass is 442 g/mol. The summed E-state index contributed by atoms with van der Waals surface area (Å²) in [7, 11) is 0. The van der Waals surface area contributed by atoms with Crippen molar-refractivity contribution < 1.29 is 18.7 Å². The normalized spacial score (nSPS) is 25.6. The first-order chi connectivity index (χ1) is 15.5. The van der Waals surface area contributed by atoms with E-state index in [9.17, 15) is 13.6 Å². The number of rotatable bonds is 8. The molecule has 2 fully saturated rings. The molecule has 1 N–H and O–H groups in total. The van der Waals surface area contributed by atoms with E-state index in [1.54, 1.807) is 0 Å². The van der Waals surface area contributed by atoms with Crippen LogP contribution < -0.4 is 0 Å². The van der Waals surface area contributed by atoms with E-state index in [0.29, 0.717) is 11.3 Å². The molecule has 0 amide bonds. The van der Waals surface area contributed by atoms with Crippen molar-refractivity contribution in [1.29, 1.82) is 0 Å². The first-order valence-electron chi connectivity index (χ1n) is 12.6. The van der Waals surface area contributed by atoms with Crippen LogP contribution in [-0.2, 0) is 0 Å². The molecule has 174 valence electrons. The molecule has 2 aliphatic carbocycles. The van der Waals surface area contributed by atoms with Gasteiger partial charge in [-0.3, -0.25) is 0 Å². The molecule has 0 aromatic heterocycles. The van der Waals surface area contributed by atoms with Gasteiger partial charge in [0.2, 0.25) is 0 Å². The predicted octanol–water partition coefficient (Wildman–Crippen LogP) is 8.48. The van der Waals surface area contributed by atoms with Gasteiger partial charge >= 0.3 is 5.97 Å². The van der Waals surface area contributed by atoms with Gasteiger partial charge in [-0.25, -0.2) is 13.6 Å². The van der Waals surface area contributed by atoms with Crippen molar-refractivity contribution in [2.45, 2.75) is 89.9 Å². The minimum Gasteiger partial charge on any atom is -0.478 e. The number of fused-ring (bicyclic) bond motifs is 2. The van der Waals surface area contributed by atoms with Crippen LogP contribution in [0.2, 0.25) is 0 Å². The van der Waals surface area contributed by atoms with Crippen LogP contribution in [0, 0.1) is 29.4 Å². The van der Waals surface area contributed by atoms with Crippen molar-refractivity contribution in [2.24, 2.45) is 17.8 Å². The van der Waals surface area contributed by atoms with Crippen LogP contribution in [0.4, 0.5) is 8.78 Å². The fraction of sp³-hybridized carbons (Fsp3) is 0.607. The lowest BCUT2D eigenvalue weighted by atomic mass is 9.63. The number of carbonyl (C=O) groups is 1. The van der Waals surface area contributed by atoms with E-state index in [0.717, 1.165) is 36.2 Å². The molecule has 0 saturated heterocycles. The quantitative estimate of drug-likeness (QED) is 0.416. The number of carboxylic acids is 1. The molecule has 0 heterocycles. The molecule has 32 heavy (non-hydrogen) atoms. The molecular formula is C28H36F2O2. The smallest absolute Gasteiger partial charge is 0.338 e. The van der Waals surface area contributed by atoms with Gasteiger partial charge < -0.3 is 5.11 Å². The van der Waals surface area contributed by atoms with Crippen LogP contribution in [-0.4, -0.2) is 11.1 Å². The summed E-state index contributed by atoms with van der Waals surface area (Å²) in [6.45, 7) is 2.26. The maximum absolute atomic E-state index is 14.9. The first kappa shape index (κ1) is 23.2. The van der Waals surface area contributed by atoms with E-state index in [4.69, 9.17) is 5.11 Å². The Morgan fingerprint density at radius 3 is 2.50 bits per heavy atom. The van der Waals surface area contributed by atoms with Crippen molar-refractivity contribution in [1.82, 2.24) is 0 Å². The second-order valence-corrected chi connectivity index (χ2v) is 10.2. The summed E-state index contributed by atoms with van der Waals surface area (Å²) in [4.78, 5) is 11.2. The van der Waals surface area contributed by atoms with Gasteiger partial charge in [0.1, 0.15) is 11.6 Å². The average Bonchev–Trinajstić information content (AvgIpc) is 2.78. The Bertz CT molecular complexity index is 954. The van der Waals surface area contributed by atoms with Crippen LogP contribution in [0.5, 0.6) is 0 Å². The highest BCUT2D eigenvalue weighted by atomic mass is 19.1. The van der Waals surface area contributed by atoms with E-state index in [1.807, 2.05) is 6.07 Å². The highest BCUT2D eigenvalue weighted by molar-refractivity contribution is 5.95. The van der Waals surface area contributed by atoms with Crippen molar-refractivity contribution >= 4 is 16.7 Å². The van der Waals surface area contributed by atoms with E-state index >= 15 is 0 Å². The number of halogens is 2. The summed E-state index contributed by atoms with van der Waals surface area (Å²) < 4.78 is 29.4. The molecule has 2 aromatic rings. The molecule has 4 rings (SSSR count). The molecule has 2 saturated carbocycles. The zero-order chi connectivity index (χ0) is 22.7. The molecule has 4 atom stereocenters. The lowest BCUT2D eigenvalue weighted by Crippen LogP contribution is -2.30. The number of hydrogen-bond donors (Lipinski definition) is 1. The third kappa shape index (κ3) is 5.00. The Hall–Kier alpha value is -1.97. The number of carboxylic acid groups (broad SMARTS) is 1. The van der Waals surface area contributed by atoms with E-state index in [-0.39, 0.29) is 5.39 Å². The fourth-order valence-electron chi connectivity index (χ4n) is 6.38. The van der Waals surface area contributed by atoms with E-state index < -0.39 is 23.2 Å². The van der Waals surface area contributed by atoms with Crippen LogP contribution in [0.15, 0.2) is 24.3 Å². The molecule has 0 radical (unpaired) electrons. The SMILES string of the molecule is CCCCCCCC1CCC2CC(c3cc(F)c4c(F)c(C(=O)O)ccc4c3)CCC2C1. The molecule has 2 aliphatic rings. The second kappa shape index (κ2) is 10.3. The topological polar surface area (TPSA) is 37.3 Å². The lowest BCUT2D eigenvalue weighted by molar-refractivity contribution is 0.0692. The molecule has 0 bridgehead atoms. The summed E-state index contributed by atoms with van der Waals surface area (Å²) in [5.74, 6) is -0.274. The van der Waals surface area contributed by atoms with Crippen LogP contribution in [0.1, 0.15) is 106 Å². The Morgan fingerprint density at radius 1 is 0.969 bits per heavy atom. The second-order valence-electron chi connectivity index (χ2n) is 10.2. The minimum absolute atomic E-state index is 0.207. The maximum atomic E-state index is 14.9. The first-order valence-corrected chi connectivity index (χ1v) is 12.6. The molecule has 0 spiro atoms. The minimum atomic E-state index is -1.37. The van der Waals surface area contributed by atoms with Crippen LogP contribution in [0.3, 0.4) is 0 Å². The van der Waals surface area contributed by atoms with E-state index in [2.05, 4.69) is 6.92 Å². The Kier molecular flexibility index (Phi) is 7.48. The number of unbranched alkanes of at least 4 members (excludes halogenated alkanes) is 4. The Balaban J connectivity index is 1.40. The van der Waals surface area contributed by atoms with Crippen molar-refractivity contribution in [3.63, 3.8) is 0 Å². The fourth-order valence-corrected chi connectivity index (χ4v) is 6.38. The molecule has 4 heteroatoms. The summed E-state index contributed by atoms with van der Waals surface area (Å²) in [5, 5.41) is 9.37. The number of benzene rings is 2. The van der Waals surface area contributed by atoms with Crippen molar-refractivity contribution in [3.8, 4) is 0 Å². The average molecular weight is 443 g/mol. The third-order valence-corrected chi connectivity index (χ3v) is 8.17. The van der Waals surface area contributed by atoms with Gasteiger partial charge in [-0.15, -0.1) is 0 Å². The van der Waals surface area contributed by atoms with Crippen LogP contribution in [0.25, 0.3) is 10.8 Å². The Morgan fingerprint density at radius 2 is 1.72 bits per heavy atom. The number of hydrogen-bond acceptors (Lipinski definition) is 1. The summed E-state index contributed by atoms with van der Waals surface area (Å²) in [5.41, 5.74) is 0.459. The lowest BCUT2D eigenvalue weighted by Gasteiger charge is -2.42. The van der Waals surface area contributed by atoms with Gasteiger partial charge in [-0.1, -0.05) is 64.0 Å². The standard InChI is InChI=1S/C28H36F2O2/c1-2-3-4-5-6-7-18-8-9-20-15-21(11-10-19(20)14-18)23-16-22-12-13-24(28(31)32)27(30)26(22)25(29)17-23/h12-13,16-21H,2-11,14-15H2,1H3,(H,31,32). The summed E-state index contributed by atoms with van der Waals surface area (Å²) in [6, 6.07) is 6.10. The Labute approximate surface area is 190 Å². The molecule has 4 unspecified atom stereocenters.